The molecule has 7 aromatic heterocycles. The third kappa shape index (κ3) is 10.9. The molecule has 8 heteroatoms. The summed E-state index contributed by atoms with van der Waals surface area (Å²) in [5.74, 6) is 0.620. The predicted molar refractivity (Wildman–Crippen MR) is 490 cm³/mol. The Balaban J connectivity index is 0.000000134. The fraction of sp³-hybridized carbons (Fsp3) is 0. The highest BCUT2D eigenvalue weighted by Gasteiger charge is 2.23. The third-order valence-corrected chi connectivity index (χ3v) is 25.0. The third-order valence-electron chi connectivity index (χ3n) is 23.8. The number of nitrogens with zero attached hydrogens (tertiary/aromatic N) is 5. The molecule has 0 saturated heterocycles. The molecule has 0 bridgehead atoms. The van der Waals surface area contributed by atoms with Gasteiger partial charge in [0.05, 0.1) is 50.4 Å². The van der Waals surface area contributed by atoms with E-state index in [-0.39, 0.29) is 0 Å². The molecule has 0 amide bonds. The minimum atomic E-state index is 0.620. The number of thiophene rings is 1. The van der Waals surface area contributed by atoms with Crippen molar-refractivity contribution in [3.8, 4) is 90.0 Å². The van der Waals surface area contributed by atoms with Crippen LogP contribution >= 0.6 is 11.3 Å². The van der Waals surface area contributed by atoms with Gasteiger partial charge in [-0.05, 0) is 181 Å². The second-order valence-electron chi connectivity index (χ2n) is 30.4. The van der Waals surface area contributed by atoms with Crippen molar-refractivity contribution in [2.75, 3.05) is 0 Å². The summed E-state index contributed by atoms with van der Waals surface area (Å²) >= 11 is 1.84. The number of pyridine rings is 1. The van der Waals surface area contributed by atoms with Crippen molar-refractivity contribution in [1.29, 1.82) is 0 Å². The normalized spacial score (nSPS) is 11.9. The first-order chi connectivity index (χ1) is 58.0. The summed E-state index contributed by atoms with van der Waals surface area (Å²) < 4.78 is 20.1. The van der Waals surface area contributed by atoms with Crippen LogP contribution in [-0.4, -0.2) is 24.1 Å². The number of fused-ring (bicyclic) bond motifs is 23. The fourth-order valence-electron chi connectivity index (χ4n) is 18.2. The number of hydrogen-bond donors (Lipinski definition) is 0. The lowest BCUT2D eigenvalue weighted by Crippen LogP contribution is -1.97. The first kappa shape index (κ1) is 66.3. The predicted octanol–water partition coefficient (Wildman–Crippen LogP) is 30.2. The van der Waals surface area contributed by atoms with Crippen LogP contribution in [0, 0.1) is 0 Å². The zero-order valence-corrected chi connectivity index (χ0v) is 63.8. The number of aromatic nitrogens is 5. The minimum absolute atomic E-state index is 0.620. The van der Waals surface area contributed by atoms with Gasteiger partial charge in [0.2, 0.25) is 0 Å². The van der Waals surface area contributed by atoms with Crippen LogP contribution in [0.4, 0.5) is 0 Å². The molecule has 25 rings (SSSR count). The van der Waals surface area contributed by atoms with E-state index in [1.165, 1.54) is 112 Å². The van der Waals surface area contributed by atoms with Gasteiger partial charge in [-0.3, -0.25) is 0 Å². The Morgan fingerprint density at radius 2 is 0.598 bits per heavy atom. The maximum atomic E-state index is 6.49. The van der Waals surface area contributed by atoms with Crippen LogP contribution in [0.15, 0.2) is 403 Å². The van der Waals surface area contributed by atoms with Gasteiger partial charge in [0.25, 0.3) is 0 Å². The van der Waals surface area contributed by atoms with E-state index in [0.717, 1.165) is 123 Å². The highest BCUT2D eigenvalue weighted by atomic mass is 32.1. The van der Waals surface area contributed by atoms with Crippen LogP contribution in [0.1, 0.15) is 0 Å². The zero-order chi connectivity index (χ0) is 76.8. The summed E-state index contributed by atoms with van der Waals surface area (Å²) in [5.41, 5.74) is 23.5. The monoisotopic (exact) mass is 1510 g/mol. The van der Waals surface area contributed by atoms with Crippen LogP contribution in [0.2, 0.25) is 0 Å². The maximum absolute atomic E-state index is 6.49. The van der Waals surface area contributed by atoms with Gasteiger partial charge in [-0.25, -0.2) is 15.0 Å². The molecule has 0 aliphatic carbocycles. The lowest BCUT2D eigenvalue weighted by Gasteiger charge is -2.13. The Bertz CT molecular complexity index is 8060. The van der Waals surface area contributed by atoms with Crippen molar-refractivity contribution in [3.63, 3.8) is 0 Å². The second-order valence-corrected chi connectivity index (χ2v) is 31.5. The second kappa shape index (κ2) is 26.7. The molecule has 544 valence electrons. The van der Waals surface area contributed by atoms with Crippen molar-refractivity contribution in [1.82, 2.24) is 24.1 Å². The van der Waals surface area contributed by atoms with Gasteiger partial charge >= 0.3 is 0 Å². The molecule has 117 heavy (non-hydrogen) atoms. The molecule has 0 unspecified atom stereocenters. The SMILES string of the molecule is c1ccc(-c2ccc(-c3cc(-c4ccc(-n5c6ccc7ccccc7c6c6c7ccccc7ccc65)cc4)nc(-c4cccc5c4oc4ccccc45)n3)cc2)cc1.c1ccc2c(c1)ccc1c2c2c3ccccc3ccc2n1-c1ccc(-c2cc(-c3ccc4oc5ccccc5c4c3)cc(-c3ccc4sc5ccccc5c4c3)n2)cc1. The first-order valence-corrected chi connectivity index (χ1v) is 40.5. The molecule has 7 nitrogen and oxygen atoms in total. The molecule has 0 saturated carbocycles. The van der Waals surface area contributed by atoms with Crippen molar-refractivity contribution in [3.05, 3.63) is 394 Å². The van der Waals surface area contributed by atoms with Crippen molar-refractivity contribution >= 4 is 162 Å². The van der Waals surface area contributed by atoms with E-state index in [0.29, 0.717) is 5.82 Å². The highest BCUT2D eigenvalue weighted by molar-refractivity contribution is 7.25. The van der Waals surface area contributed by atoms with Crippen LogP contribution < -0.4 is 0 Å². The smallest absolute Gasteiger partial charge is 0.164 e. The Kier molecular flexibility index (Phi) is 15.1. The van der Waals surface area contributed by atoms with E-state index in [1.54, 1.807) is 0 Å². The van der Waals surface area contributed by atoms with Crippen LogP contribution in [0.25, 0.3) is 241 Å². The van der Waals surface area contributed by atoms with E-state index >= 15 is 0 Å². The summed E-state index contributed by atoms with van der Waals surface area (Å²) in [4.78, 5) is 15.9. The summed E-state index contributed by atoms with van der Waals surface area (Å²) in [5, 5.41) is 22.0. The highest BCUT2D eigenvalue weighted by Crippen LogP contribution is 2.46. The zero-order valence-electron chi connectivity index (χ0n) is 63.0. The van der Waals surface area contributed by atoms with E-state index in [1.807, 2.05) is 47.7 Å². The lowest BCUT2D eigenvalue weighted by atomic mass is 9.98. The van der Waals surface area contributed by atoms with Crippen molar-refractivity contribution < 1.29 is 8.83 Å². The maximum Gasteiger partial charge on any atom is 0.164 e. The molecule has 25 aromatic rings. The molecule has 7 heterocycles. The molecule has 0 atom stereocenters. The number of rotatable bonds is 9. The van der Waals surface area contributed by atoms with E-state index in [4.69, 9.17) is 23.8 Å². The summed E-state index contributed by atoms with van der Waals surface area (Å²) in [7, 11) is 0. The van der Waals surface area contributed by atoms with E-state index < -0.39 is 0 Å². The summed E-state index contributed by atoms with van der Waals surface area (Å²) in [6.07, 6.45) is 0. The average molecular weight is 1510 g/mol. The van der Waals surface area contributed by atoms with Gasteiger partial charge in [-0.2, -0.15) is 0 Å². The van der Waals surface area contributed by atoms with E-state index in [9.17, 15) is 0 Å². The molecular formula is C109H65N5O2S. The van der Waals surface area contributed by atoms with Crippen molar-refractivity contribution in [2.45, 2.75) is 0 Å². The number of hydrogen-bond acceptors (Lipinski definition) is 6. The number of benzene rings is 18. The lowest BCUT2D eigenvalue weighted by molar-refractivity contribution is 0.669. The molecule has 0 aliphatic heterocycles. The average Bonchev–Trinajstić information content (AvgIpc) is 1.57. The molecule has 0 spiro atoms. The van der Waals surface area contributed by atoms with Crippen LogP contribution in [0.5, 0.6) is 0 Å². The molecule has 0 fully saturated rings. The minimum Gasteiger partial charge on any atom is -0.456 e. The van der Waals surface area contributed by atoms with Gasteiger partial charge in [0.1, 0.15) is 22.3 Å². The van der Waals surface area contributed by atoms with Gasteiger partial charge in [0, 0.05) is 96.9 Å². The Labute approximate surface area is 674 Å². The van der Waals surface area contributed by atoms with E-state index in [2.05, 4.69) is 367 Å². The van der Waals surface area contributed by atoms with Gasteiger partial charge in [-0.15, -0.1) is 11.3 Å². The first-order valence-electron chi connectivity index (χ1n) is 39.7. The largest absolute Gasteiger partial charge is 0.456 e. The van der Waals surface area contributed by atoms with Gasteiger partial charge < -0.3 is 18.0 Å². The molecular weight excluding hydrogens is 1440 g/mol. The Hall–Kier alpha value is -15.4. The van der Waals surface area contributed by atoms with Crippen molar-refractivity contribution in [2.24, 2.45) is 0 Å². The number of furan rings is 2. The topological polar surface area (TPSA) is 74.8 Å². The molecule has 0 aliphatic rings. The molecule has 18 aromatic carbocycles. The molecule has 0 N–H and O–H groups in total. The summed E-state index contributed by atoms with van der Waals surface area (Å²) in [6.45, 7) is 0. The Morgan fingerprint density at radius 3 is 1.15 bits per heavy atom. The standard InChI is InChI=1S/C55H32N2OS.C54H33N3O/c1-3-11-40-33(9-1)19-25-48-54(40)55-41-12-4-2-10-34(41)20-26-49(55)57(48)39-23-17-35(18-24-39)46-31-38(36-21-27-51-44(29-36)42-13-5-7-15-50(42)58-51)32-47(56-46)37-22-28-53-45(30-37)43-14-6-8-16-52(43)59-53;1-2-11-34(12-3-1)35-21-23-38(24-22-35)46-33-47(56-54(55-46)45-19-10-18-44-43-17-8-9-20-50(43)58-53(44)45)39-25-29-40(30-26-39)57-48-31-27-36-13-4-6-15-41(36)51(48)52-42-16-7-5-14-37(42)28-32-49(52)57/h1-32H;1-33H. The van der Waals surface area contributed by atoms with Crippen LogP contribution in [-0.2, 0) is 0 Å². The van der Waals surface area contributed by atoms with Crippen LogP contribution in [0.3, 0.4) is 0 Å². The fourth-order valence-corrected chi connectivity index (χ4v) is 19.3. The van der Waals surface area contributed by atoms with Gasteiger partial charge in [-0.1, -0.05) is 279 Å². The Morgan fingerprint density at radius 1 is 0.214 bits per heavy atom. The quantitative estimate of drug-likeness (QED) is 0.144. The summed E-state index contributed by atoms with van der Waals surface area (Å²) in [6, 6.07) is 141. The molecule has 0 radical (unpaired) electrons. The van der Waals surface area contributed by atoms with Gasteiger partial charge in [0.15, 0.2) is 5.82 Å². The number of para-hydroxylation sites is 3.